The van der Waals surface area contributed by atoms with E-state index in [1.54, 1.807) is 0 Å². The van der Waals surface area contributed by atoms with Crippen LogP contribution in [0.5, 0.6) is 0 Å². The summed E-state index contributed by atoms with van der Waals surface area (Å²) in [5.74, 6) is 1.47. The summed E-state index contributed by atoms with van der Waals surface area (Å²) in [5.41, 5.74) is 0. The third-order valence-corrected chi connectivity index (χ3v) is 5.36. The van der Waals surface area contributed by atoms with Gasteiger partial charge in [-0.1, -0.05) is 12.8 Å². The number of carbonyl (C=O) groups is 1. The van der Waals surface area contributed by atoms with Gasteiger partial charge in [0, 0.05) is 20.1 Å². The maximum atomic E-state index is 12.4. The van der Waals surface area contributed by atoms with Crippen LogP contribution in [0.2, 0.25) is 0 Å². The summed E-state index contributed by atoms with van der Waals surface area (Å²) in [5, 5.41) is 3.40. The smallest absolute Gasteiger partial charge is 0.320 e. The van der Waals surface area contributed by atoms with Crippen LogP contribution in [0.25, 0.3) is 0 Å². The van der Waals surface area contributed by atoms with Crippen molar-refractivity contribution in [3.8, 4) is 0 Å². The van der Waals surface area contributed by atoms with Gasteiger partial charge in [0.15, 0.2) is 0 Å². The normalized spacial score (nSPS) is 30.6. The molecule has 0 aromatic rings. The summed E-state index contributed by atoms with van der Waals surface area (Å²) in [6.07, 6.45) is 7.81. The molecule has 1 unspecified atom stereocenters. The SMILES string of the molecule is CN1C(=O)N(CC2CCNCC2)CC1C1CCCC1. The molecule has 0 spiro atoms. The minimum atomic E-state index is 0.274. The van der Waals surface area contributed by atoms with Crippen molar-refractivity contribution >= 4 is 6.03 Å². The molecule has 0 aromatic heterocycles. The van der Waals surface area contributed by atoms with Gasteiger partial charge in [-0.05, 0) is 50.6 Å². The first-order valence-electron chi connectivity index (χ1n) is 7.98. The minimum absolute atomic E-state index is 0.274. The molecule has 3 fully saturated rings. The average Bonchev–Trinajstić information content (AvgIpc) is 3.04. The van der Waals surface area contributed by atoms with Gasteiger partial charge in [0.25, 0.3) is 0 Å². The molecule has 2 saturated heterocycles. The Morgan fingerprint density at radius 1 is 1.16 bits per heavy atom. The Hall–Kier alpha value is -0.770. The van der Waals surface area contributed by atoms with Crippen molar-refractivity contribution in [3.63, 3.8) is 0 Å². The largest absolute Gasteiger partial charge is 0.323 e. The molecule has 0 bridgehead atoms. The van der Waals surface area contributed by atoms with Gasteiger partial charge >= 0.3 is 6.03 Å². The fraction of sp³-hybridized carbons (Fsp3) is 0.933. The van der Waals surface area contributed by atoms with Crippen LogP contribution in [-0.4, -0.2) is 55.1 Å². The number of nitrogens with zero attached hydrogens (tertiary/aromatic N) is 2. The molecule has 3 rings (SSSR count). The summed E-state index contributed by atoms with van der Waals surface area (Å²) in [7, 11) is 2.01. The molecule has 2 amide bonds. The summed E-state index contributed by atoms with van der Waals surface area (Å²) < 4.78 is 0. The van der Waals surface area contributed by atoms with Crippen LogP contribution in [0.3, 0.4) is 0 Å². The molecule has 108 valence electrons. The monoisotopic (exact) mass is 265 g/mol. The Morgan fingerprint density at radius 3 is 2.53 bits per heavy atom. The molecule has 0 aromatic carbocycles. The van der Waals surface area contributed by atoms with E-state index in [4.69, 9.17) is 0 Å². The number of likely N-dealkylation sites (N-methyl/N-ethyl adjacent to an activating group) is 1. The first-order chi connectivity index (χ1) is 9.25. The van der Waals surface area contributed by atoms with E-state index in [-0.39, 0.29) is 6.03 Å². The Bertz CT molecular complexity index is 321. The van der Waals surface area contributed by atoms with Gasteiger partial charge in [-0.25, -0.2) is 4.79 Å². The molecule has 3 aliphatic rings. The zero-order valence-corrected chi connectivity index (χ0v) is 12.1. The van der Waals surface area contributed by atoms with E-state index in [9.17, 15) is 4.79 Å². The van der Waals surface area contributed by atoms with E-state index >= 15 is 0 Å². The lowest BCUT2D eigenvalue weighted by Crippen LogP contribution is -2.38. The van der Waals surface area contributed by atoms with Gasteiger partial charge in [-0.15, -0.1) is 0 Å². The van der Waals surface area contributed by atoms with E-state index in [2.05, 4.69) is 10.2 Å². The molecule has 4 nitrogen and oxygen atoms in total. The second kappa shape index (κ2) is 5.70. The van der Waals surface area contributed by atoms with Crippen molar-refractivity contribution in [1.82, 2.24) is 15.1 Å². The van der Waals surface area contributed by atoms with E-state index in [0.717, 1.165) is 32.1 Å². The van der Waals surface area contributed by atoms with Crippen molar-refractivity contribution in [2.24, 2.45) is 11.8 Å². The van der Waals surface area contributed by atoms with Crippen LogP contribution in [0.4, 0.5) is 4.79 Å². The molecule has 1 N–H and O–H groups in total. The van der Waals surface area contributed by atoms with E-state index < -0.39 is 0 Å². The quantitative estimate of drug-likeness (QED) is 0.846. The number of piperidine rings is 1. The number of nitrogens with one attached hydrogen (secondary N) is 1. The maximum absolute atomic E-state index is 12.4. The molecular formula is C15H27N3O. The molecule has 1 atom stereocenters. The number of hydrogen-bond donors (Lipinski definition) is 1. The fourth-order valence-corrected chi connectivity index (χ4v) is 4.13. The Morgan fingerprint density at radius 2 is 1.84 bits per heavy atom. The van der Waals surface area contributed by atoms with Crippen LogP contribution in [0.1, 0.15) is 38.5 Å². The number of rotatable bonds is 3. The standard InChI is InChI=1S/C15H27N3O/c1-17-14(13-4-2-3-5-13)11-18(15(17)19)10-12-6-8-16-9-7-12/h12-14,16H,2-11H2,1H3. The van der Waals surface area contributed by atoms with Crippen LogP contribution < -0.4 is 5.32 Å². The second-order valence-electron chi connectivity index (χ2n) is 6.60. The summed E-state index contributed by atoms with van der Waals surface area (Å²) in [4.78, 5) is 16.5. The molecule has 19 heavy (non-hydrogen) atoms. The average molecular weight is 265 g/mol. The summed E-state index contributed by atoms with van der Waals surface area (Å²) >= 11 is 0. The van der Waals surface area contributed by atoms with E-state index in [1.807, 2.05) is 11.9 Å². The van der Waals surface area contributed by atoms with Crippen LogP contribution >= 0.6 is 0 Å². The van der Waals surface area contributed by atoms with Crippen LogP contribution in [-0.2, 0) is 0 Å². The first-order valence-corrected chi connectivity index (χ1v) is 7.98. The lowest BCUT2D eigenvalue weighted by molar-refractivity contribution is 0.182. The highest BCUT2D eigenvalue weighted by molar-refractivity contribution is 5.77. The highest BCUT2D eigenvalue weighted by atomic mass is 16.2. The highest BCUT2D eigenvalue weighted by Crippen LogP contribution is 2.33. The Labute approximate surface area is 116 Å². The fourth-order valence-electron chi connectivity index (χ4n) is 4.13. The van der Waals surface area contributed by atoms with Crippen molar-refractivity contribution in [2.45, 2.75) is 44.6 Å². The zero-order chi connectivity index (χ0) is 13.2. The maximum Gasteiger partial charge on any atom is 0.320 e. The zero-order valence-electron chi connectivity index (χ0n) is 12.1. The molecule has 1 saturated carbocycles. The molecule has 1 aliphatic carbocycles. The molecular weight excluding hydrogens is 238 g/mol. The van der Waals surface area contributed by atoms with Crippen molar-refractivity contribution < 1.29 is 4.79 Å². The topological polar surface area (TPSA) is 35.6 Å². The molecule has 0 radical (unpaired) electrons. The molecule has 2 heterocycles. The third kappa shape index (κ3) is 2.73. The second-order valence-corrected chi connectivity index (χ2v) is 6.60. The molecule has 4 heteroatoms. The van der Waals surface area contributed by atoms with Gasteiger partial charge in [-0.3, -0.25) is 0 Å². The van der Waals surface area contributed by atoms with Gasteiger partial charge in [-0.2, -0.15) is 0 Å². The number of urea groups is 1. The van der Waals surface area contributed by atoms with Gasteiger partial charge in [0.1, 0.15) is 0 Å². The van der Waals surface area contributed by atoms with Crippen LogP contribution in [0, 0.1) is 11.8 Å². The van der Waals surface area contributed by atoms with E-state index in [0.29, 0.717) is 12.0 Å². The van der Waals surface area contributed by atoms with Gasteiger partial charge in [0.05, 0.1) is 6.04 Å². The van der Waals surface area contributed by atoms with Crippen molar-refractivity contribution in [1.29, 1.82) is 0 Å². The number of hydrogen-bond acceptors (Lipinski definition) is 2. The predicted octanol–water partition coefficient (Wildman–Crippen LogP) is 1.91. The Kier molecular flexibility index (Phi) is 3.96. The lowest BCUT2D eigenvalue weighted by atomic mass is 9.96. The lowest BCUT2D eigenvalue weighted by Gasteiger charge is -2.27. The Balaban J connectivity index is 1.58. The first kappa shape index (κ1) is 13.2. The van der Waals surface area contributed by atoms with Crippen molar-refractivity contribution in [2.75, 3.05) is 33.2 Å². The molecule has 2 aliphatic heterocycles. The highest BCUT2D eigenvalue weighted by Gasteiger charge is 2.40. The van der Waals surface area contributed by atoms with E-state index in [1.165, 1.54) is 38.5 Å². The summed E-state index contributed by atoms with van der Waals surface area (Å²) in [6, 6.07) is 0.757. The number of carbonyl (C=O) groups excluding carboxylic acids is 1. The van der Waals surface area contributed by atoms with Gasteiger partial charge < -0.3 is 15.1 Å². The third-order valence-electron chi connectivity index (χ3n) is 5.36. The van der Waals surface area contributed by atoms with Crippen molar-refractivity contribution in [3.05, 3.63) is 0 Å². The number of amides is 2. The summed E-state index contributed by atoms with van der Waals surface area (Å²) in [6.45, 7) is 4.20. The minimum Gasteiger partial charge on any atom is -0.323 e. The van der Waals surface area contributed by atoms with Crippen LogP contribution in [0.15, 0.2) is 0 Å². The predicted molar refractivity (Wildman–Crippen MR) is 76.1 cm³/mol. The van der Waals surface area contributed by atoms with Gasteiger partial charge in [0.2, 0.25) is 0 Å².